The molecule has 1 aliphatic heterocycles. The minimum Gasteiger partial charge on any atom is -0.370 e. The molecule has 1 aromatic heterocycles. The molecule has 160 valence electrons. The summed E-state index contributed by atoms with van der Waals surface area (Å²) in [6.07, 6.45) is 1.21. The maximum atomic E-state index is 12.7. The van der Waals surface area contributed by atoms with E-state index in [0.29, 0.717) is 34.6 Å². The SMILES string of the molecule is CCCC(NC(=O)Nc1ccc(Cl)s1)C(=O)Nc1ccc(N2CCOCC2=O)cc1. The van der Waals surface area contributed by atoms with E-state index in [0.717, 1.165) is 12.1 Å². The number of urea groups is 1. The fourth-order valence-electron chi connectivity index (χ4n) is 2.99. The molecule has 1 aromatic carbocycles. The van der Waals surface area contributed by atoms with Gasteiger partial charge in [0.2, 0.25) is 5.91 Å². The summed E-state index contributed by atoms with van der Waals surface area (Å²) in [4.78, 5) is 38.5. The van der Waals surface area contributed by atoms with Gasteiger partial charge < -0.3 is 20.3 Å². The summed E-state index contributed by atoms with van der Waals surface area (Å²) >= 11 is 7.10. The molecule has 1 unspecified atom stereocenters. The molecule has 0 aliphatic carbocycles. The fraction of sp³-hybridized carbons (Fsp3) is 0.350. The summed E-state index contributed by atoms with van der Waals surface area (Å²) < 4.78 is 5.70. The van der Waals surface area contributed by atoms with Crippen molar-refractivity contribution in [2.45, 2.75) is 25.8 Å². The van der Waals surface area contributed by atoms with Gasteiger partial charge in [-0.05, 0) is 42.8 Å². The number of morpholine rings is 1. The number of hydrogen-bond acceptors (Lipinski definition) is 5. The van der Waals surface area contributed by atoms with E-state index in [1.54, 1.807) is 41.3 Å². The van der Waals surface area contributed by atoms with Crippen molar-refractivity contribution < 1.29 is 19.1 Å². The number of halogens is 1. The number of ether oxygens (including phenoxy) is 1. The Balaban J connectivity index is 1.58. The number of benzene rings is 1. The number of carbonyl (C=O) groups is 3. The number of amides is 4. The van der Waals surface area contributed by atoms with Crippen molar-refractivity contribution in [2.75, 3.05) is 35.3 Å². The van der Waals surface area contributed by atoms with E-state index >= 15 is 0 Å². The van der Waals surface area contributed by atoms with Crippen LogP contribution >= 0.6 is 22.9 Å². The molecule has 1 aliphatic rings. The lowest BCUT2D eigenvalue weighted by Gasteiger charge is -2.27. The smallest absolute Gasteiger partial charge is 0.320 e. The van der Waals surface area contributed by atoms with Crippen LogP contribution in [0.4, 0.5) is 21.2 Å². The molecule has 4 amide bonds. The third-order valence-electron chi connectivity index (χ3n) is 4.44. The normalized spacial score (nSPS) is 14.9. The minimum atomic E-state index is -0.689. The van der Waals surface area contributed by atoms with Gasteiger partial charge in [-0.25, -0.2) is 4.79 Å². The van der Waals surface area contributed by atoms with Crippen molar-refractivity contribution in [3.63, 3.8) is 0 Å². The third-order valence-corrected chi connectivity index (χ3v) is 5.59. The van der Waals surface area contributed by atoms with Crippen LogP contribution < -0.4 is 20.9 Å². The highest BCUT2D eigenvalue weighted by Crippen LogP contribution is 2.26. The van der Waals surface area contributed by atoms with Crippen LogP contribution in [0.25, 0.3) is 0 Å². The van der Waals surface area contributed by atoms with E-state index < -0.39 is 12.1 Å². The maximum Gasteiger partial charge on any atom is 0.320 e. The number of carbonyl (C=O) groups excluding carboxylic acids is 3. The second-order valence-corrected chi connectivity index (χ2v) is 8.39. The summed E-state index contributed by atoms with van der Waals surface area (Å²) in [5.74, 6) is -0.408. The molecule has 8 nitrogen and oxygen atoms in total. The Morgan fingerprint density at radius 2 is 1.97 bits per heavy atom. The lowest BCUT2D eigenvalue weighted by atomic mass is 10.1. The molecule has 10 heteroatoms. The molecule has 3 N–H and O–H groups in total. The Labute approximate surface area is 183 Å². The van der Waals surface area contributed by atoms with Gasteiger partial charge in [-0.3, -0.25) is 14.9 Å². The number of nitrogens with zero attached hydrogens (tertiary/aromatic N) is 1. The number of hydrogen-bond donors (Lipinski definition) is 3. The third kappa shape index (κ3) is 5.94. The van der Waals surface area contributed by atoms with Gasteiger partial charge in [0.05, 0.1) is 15.9 Å². The van der Waals surface area contributed by atoms with E-state index in [9.17, 15) is 14.4 Å². The summed E-state index contributed by atoms with van der Waals surface area (Å²) in [6, 6.07) is 9.23. The zero-order chi connectivity index (χ0) is 21.5. The first-order chi connectivity index (χ1) is 14.5. The van der Waals surface area contributed by atoms with Crippen LogP contribution in [0.5, 0.6) is 0 Å². The molecule has 0 spiro atoms. The van der Waals surface area contributed by atoms with E-state index in [2.05, 4.69) is 16.0 Å². The average Bonchev–Trinajstić information content (AvgIpc) is 3.13. The highest BCUT2D eigenvalue weighted by atomic mass is 35.5. The first-order valence-electron chi connectivity index (χ1n) is 9.58. The molecule has 1 saturated heterocycles. The summed E-state index contributed by atoms with van der Waals surface area (Å²) in [5.41, 5.74) is 1.33. The highest BCUT2D eigenvalue weighted by molar-refractivity contribution is 7.20. The van der Waals surface area contributed by atoms with Crippen LogP contribution in [0, 0.1) is 0 Å². The highest BCUT2D eigenvalue weighted by Gasteiger charge is 2.22. The fourth-order valence-corrected chi connectivity index (χ4v) is 3.93. The van der Waals surface area contributed by atoms with Crippen LogP contribution in [0.2, 0.25) is 4.34 Å². The summed E-state index contributed by atoms with van der Waals surface area (Å²) in [7, 11) is 0. The van der Waals surface area contributed by atoms with Crippen LogP contribution in [0.1, 0.15) is 19.8 Å². The molecule has 30 heavy (non-hydrogen) atoms. The van der Waals surface area contributed by atoms with Crippen LogP contribution in [0.3, 0.4) is 0 Å². The zero-order valence-electron chi connectivity index (χ0n) is 16.4. The van der Waals surface area contributed by atoms with Crippen molar-refractivity contribution in [2.24, 2.45) is 0 Å². The predicted molar refractivity (Wildman–Crippen MR) is 118 cm³/mol. The Hall–Kier alpha value is -2.62. The van der Waals surface area contributed by atoms with Crippen molar-refractivity contribution in [3.05, 3.63) is 40.7 Å². The Morgan fingerprint density at radius 3 is 2.60 bits per heavy atom. The van der Waals surface area contributed by atoms with Crippen molar-refractivity contribution >= 4 is 57.2 Å². The van der Waals surface area contributed by atoms with E-state index in [1.165, 1.54) is 11.3 Å². The summed E-state index contributed by atoms with van der Waals surface area (Å²) in [6.45, 7) is 3.00. The van der Waals surface area contributed by atoms with Gasteiger partial charge in [0, 0.05) is 17.9 Å². The minimum absolute atomic E-state index is 0.0720. The van der Waals surface area contributed by atoms with E-state index in [-0.39, 0.29) is 18.4 Å². The Bertz CT molecular complexity index is 902. The van der Waals surface area contributed by atoms with Gasteiger partial charge in [0.15, 0.2) is 0 Å². The standard InChI is InChI=1S/C20H23ClN4O4S/c1-2-3-15(23-20(28)24-17-9-8-16(21)30-17)19(27)22-13-4-6-14(7-5-13)25-10-11-29-12-18(25)26/h4-9,15H,2-3,10-12H2,1H3,(H,22,27)(H2,23,24,28). The molecular weight excluding hydrogens is 428 g/mol. The zero-order valence-corrected chi connectivity index (χ0v) is 18.0. The van der Waals surface area contributed by atoms with Gasteiger partial charge in [-0.2, -0.15) is 0 Å². The predicted octanol–water partition coefficient (Wildman–Crippen LogP) is 3.69. The van der Waals surface area contributed by atoms with Gasteiger partial charge in [0.1, 0.15) is 12.6 Å². The van der Waals surface area contributed by atoms with Gasteiger partial charge >= 0.3 is 6.03 Å². The van der Waals surface area contributed by atoms with Crippen molar-refractivity contribution in [3.8, 4) is 0 Å². The van der Waals surface area contributed by atoms with E-state index in [4.69, 9.17) is 16.3 Å². The molecule has 1 atom stereocenters. The number of anilines is 3. The Morgan fingerprint density at radius 1 is 1.20 bits per heavy atom. The molecular formula is C20H23ClN4O4S. The number of thiophene rings is 1. The Kier molecular flexibility index (Phi) is 7.67. The first kappa shape index (κ1) is 22.1. The van der Waals surface area contributed by atoms with Crippen molar-refractivity contribution in [1.82, 2.24) is 5.32 Å². The maximum absolute atomic E-state index is 12.7. The second-order valence-electron chi connectivity index (χ2n) is 6.68. The summed E-state index contributed by atoms with van der Waals surface area (Å²) in [5, 5.41) is 8.79. The topological polar surface area (TPSA) is 99.8 Å². The quantitative estimate of drug-likeness (QED) is 0.598. The molecule has 3 rings (SSSR count). The average molecular weight is 451 g/mol. The van der Waals surface area contributed by atoms with Gasteiger partial charge in [-0.15, -0.1) is 11.3 Å². The lowest BCUT2D eigenvalue weighted by Crippen LogP contribution is -2.45. The lowest BCUT2D eigenvalue weighted by molar-refractivity contribution is -0.125. The van der Waals surface area contributed by atoms with Gasteiger partial charge in [0.25, 0.3) is 5.91 Å². The second kappa shape index (κ2) is 10.4. The molecule has 2 aromatic rings. The van der Waals surface area contributed by atoms with Gasteiger partial charge in [-0.1, -0.05) is 24.9 Å². The molecule has 2 heterocycles. The van der Waals surface area contributed by atoms with Crippen LogP contribution in [-0.2, 0) is 14.3 Å². The largest absolute Gasteiger partial charge is 0.370 e. The number of nitrogens with one attached hydrogen (secondary N) is 3. The monoisotopic (exact) mass is 450 g/mol. The molecule has 0 bridgehead atoms. The van der Waals surface area contributed by atoms with Crippen LogP contribution in [0.15, 0.2) is 36.4 Å². The van der Waals surface area contributed by atoms with Crippen molar-refractivity contribution in [1.29, 1.82) is 0 Å². The molecule has 0 saturated carbocycles. The first-order valence-corrected chi connectivity index (χ1v) is 10.8. The van der Waals surface area contributed by atoms with E-state index in [1.807, 2.05) is 6.92 Å². The van der Waals surface area contributed by atoms with Crippen LogP contribution in [-0.4, -0.2) is 43.6 Å². The molecule has 0 radical (unpaired) electrons. The number of rotatable bonds is 7. The molecule has 1 fully saturated rings.